The number of benzene rings is 1. The van der Waals surface area contributed by atoms with Crippen LogP contribution >= 0.6 is 23.7 Å². The van der Waals surface area contributed by atoms with Crippen LogP contribution in [0.15, 0.2) is 35.7 Å². The molecule has 6 heteroatoms. The molecule has 0 aliphatic carbocycles. The molecule has 1 atom stereocenters. The molecule has 2 heterocycles. The molecule has 1 aromatic heterocycles. The average molecular weight is 380 g/mol. The first kappa shape index (κ1) is 19.9. The number of piperidine rings is 1. The minimum atomic E-state index is 0. The van der Waals surface area contributed by atoms with E-state index in [4.69, 9.17) is 0 Å². The third-order valence-corrected chi connectivity index (χ3v) is 5.68. The summed E-state index contributed by atoms with van der Waals surface area (Å²) in [5.41, 5.74) is 2.06. The lowest BCUT2D eigenvalue weighted by Gasteiger charge is -2.27. The molecule has 4 nitrogen and oxygen atoms in total. The molecule has 0 spiro atoms. The quantitative estimate of drug-likeness (QED) is 0.800. The van der Waals surface area contributed by atoms with Gasteiger partial charge < -0.3 is 10.6 Å². The predicted octanol–water partition coefficient (Wildman–Crippen LogP) is 3.87. The first-order chi connectivity index (χ1) is 11.7. The molecule has 25 heavy (non-hydrogen) atoms. The fourth-order valence-corrected chi connectivity index (χ4v) is 4.06. The number of hydrogen-bond acceptors (Lipinski definition) is 4. The van der Waals surface area contributed by atoms with E-state index in [-0.39, 0.29) is 18.3 Å². The third-order valence-electron chi connectivity index (χ3n) is 4.74. The topological polar surface area (TPSA) is 54.0 Å². The van der Waals surface area contributed by atoms with Crippen molar-refractivity contribution in [1.82, 2.24) is 15.6 Å². The lowest BCUT2D eigenvalue weighted by Crippen LogP contribution is -2.33. The van der Waals surface area contributed by atoms with E-state index in [1.54, 1.807) is 11.3 Å². The lowest BCUT2D eigenvalue weighted by molar-refractivity contribution is -0.122. The van der Waals surface area contributed by atoms with Crippen LogP contribution in [0.1, 0.15) is 31.9 Å². The summed E-state index contributed by atoms with van der Waals surface area (Å²) in [4.78, 5) is 16.8. The molecule has 1 fully saturated rings. The Balaban J connectivity index is 0.00000225. The van der Waals surface area contributed by atoms with Crippen molar-refractivity contribution in [3.8, 4) is 10.6 Å². The fraction of sp³-hybridized carbons (Fsp3) is 0.474. The maximum absolute atomic E-state index is 12.2. The summed E-state index contributed by atoms with van der Waals surface area (Å²) in [6.45, 7) is 4.88. The highest BCUT2D eigenvalue weighted by molar-refractivity contribution is 7.13. The van der Waals surface area contributed by atoms with Gasteiger partial charge in [-0.05, 0) is 37.8 Å². The van der Waals surface area contributed by atoms with Crippen molar-refractivity contribution < 1.29 is 4.79 Å². The molecule has 0 bridgehead atoms. The number of aromatic nitrogens is 1. The monoisotopic (exact) mass is 379 g/mol. The Hall–Kier alpha value is -1.43. The minimum Gasteiger partial charge on any atom is -0.350 e. The van der Waals surface area contributed by atoms with E-state index in [0.29, 0.717) is 24.8 Å². The number of nitrogens with one attached hydrogen (secondary N) is 2. The summed E-state index contributed by atoms with van der Waals surface area (Å²) in [5.74, 6) is 1.25. The van der Waals surface area contributed by atoms with Gasteiger partial charge in [0.2, 0.25) is 5.91 Å². The molecule has 2 aromatic rings. The number of carbonyl (C=O) groups excluding carboxylic acids is 1. The van der Waals surface area contributed by atoms with Crippen molar-refractivity contribution >= 4 is 29.7 Å². The van der Waals surface area contributed by atoms with Crippen LogP contribution in [0.25, 0.3) is 10.6 Å². The summed E-state index contributed by atoms with van der Waals surface area (Å²) >= 11 is 1.62. The van der Waals surface area contributed by atoms with Crippen molar-refractivity contribution in [2.75, 3.05) is 13.1 Å². The van der Waals surface area contributed by atoms with Crippen LogP contribution in [0.2, 0.25) is 0 Å². The van der Waals surface area contributed by atoms with Gasteiger partial charge in [0.1, 0.15) is 5.01 Å². The molecule has 1 aliphatic heterocycles. The van der Waals surface area contributed by atoms with Crippen LogP contribution in [0.4, 0.5) is 0 Å². The van der Waals surface area contributed by atoms with E-state index in [1.165, 1.54) is 12.8 Å². The number of nitrogens with zero attached hydrogens (tertiary/aromatic N) is 1. The highest BCUT2D eigenvalue weighted by Crippen LogP contribution is 2.25. The smallest absolute Gasteiger partial charge is 0.220 e. The third kappa shape index (κ3) is 5.80. The minimum absolute atomic E-state index is 0. The van der Waals surface area contributed by atoms with Crippen LogP contribution in [-0.2, 0) is 11.3 Å². The summed E-state index contributed by atoms with van der Waals surface area (Å²) in [6, 6.07) is 10.1. The van der Waals surface area contributed by atoms with Gasteiger partial charge in [-0.2, -0.15) is 0 Å². The number of rotatable bonds is 6. The molecular formula is C19H26ClN3OS. The Morgan fingerprint density at radius 3 is 2.76 bits per heavy atom. The van der Waals surface area contributed by atoms with Crippen molar-refractivity contribution in [1.29, 1.82) is 0 Å². The number of hydrogen-bond donors (Lipinski definition) is 2. The molecule has 1 aliphatic rings. The second-order valence-electron chi connectivity index (χ2n) is 6.56. The van der Waals surface area contributed by atoms with Crippen molar-refractivity contribution in [3.05, 3.63) is 41.4 Å². The van der Waals surface area contributed by atoms with Gasteiger partial charge in [-0.25, -0.2) is 4.98 Å². The number of thiazole rings is 1. The van der Waals surface area contributed by atoms with E-state index in [1.807, 2.05) is 23.6 Å². The summed E-state index contributed by atoms with van der Waals surface area (Å²) in [5, 5.41) is 9.43. The van der Waals surface area contributed by atoms with Gasteiger partial charge in [0.25, 0.3) is 0 Å². The van der Waals surface area contributed by atoms with Gasteiger partial charge >= 0.3 is 0 Å². The van der Waals surface area contributed by atoms with Crippen LogP contribution in [0.5, 0.6) is 0 Å². The highest BCUT2D eigenvalue weighted by Gasteiger charge is 2.21. The number of carbonyl (C=O) groups is 1. The summed E-state index contributed by atoms with van der Waals surface area (Å²) in [6.07, 6.45) is 2.97. The predicted molar refractivity (Wildman–Crippen MR) is 106 cm³/mol. The molecule has 1 amide bonds. The van der Waals surface area contributed by atoms with Gasteiger partial charge in [0.05, 0.1) is 12.2 Å². The Kier molecular flexibility index (Phi) is 7.88. The van der Waals surface area contributed by atoms with Crippen LogP contribution in [0.3, 0.4) is 0 Å². The Bertz CT molecular complexity index is 656. The number of amides is 1. The van der Waals surface area contributed by atoms with Crippen LogP contribution < -0.4 is 10.6 Å². The molecule has 1 aromatic carbocycles. The van der Waals surface area contributed by atoms with Crippen molar-refractivity contribution in [2.24, 2.45) is 11.8 Å². The van der Waals surface area contributed by atoms with Crippen molar-refractivity contribution in [3.63, 3.8) is 0 Å². The first-order valence-electron chi connectivity index (χ1n) is 8.69. The lowest BCUT2D eigenvalue weighted by atomic mass is 9.84. The zero-order valence-electron chi connectivity index (χ0n) is 14.5. The van der Waals surface area contributed by atoms with Gasteiger partial charge in [-0.3, -0.25) is 4.79 Å². The fourth-order valence-electron chi connectivity index (χ4n) is 3.24. The zero-order chi connectivity index (χ0) is 16.8. The van der Waals surface area contributed by atoms with Crippen LogP contribution in [-0.4, -0.2) is 24.0 Å². The average Bonchev–Trinajstić information content (AvgIpc) is 3.10. The molecule has 136 valence electrons. The van der Waals surface area contributed by atoms with E-state index in [0.717, 1.165) is 29.4 Å². The molecule has 1 saturated heterocycles. The van der Waals surface area contributed by atoms with E-state index >= 15 is 0 Å². The van der Waals surface area contributed by atoms with Gasteiger partial charge in [-0.15, -0.1) is 23.7 Å². The Morgan fingerprint density at radius 1 is 1.32 bits per heavy atom. The van der Waals surface area contributed by atoms with Crippen LogP contribution in [0, 0.1) is 11.8 Å². The Morgan fingerprint density at radius 2 is 2.04 bits per heavy atom. The standard InChI is InChI=1S/C19H25N3OS.ClH/c1-14(15-7-9-20-10-8-15)11-18(23)21-12-17-13-24-19(22-17)16-5-3-2-4-6-16;/h2-6,13-15,20H,7-12H2,1H3,(H,21,23);1H. The molecular weight excluding hydrogens is 354 g/mol. The first-order valence-corrected chi connectivity index (χ1v) is 9.57. The summed E-state index contributed by atoms with van der Waals surface area (Å²) in [7, 11) is 0. The van der Waals surface area contributed by atoms with Gasteiger partial charge in [0.15, 0.2) is 0 Å². The second-order valence-corrected chi connectivity index (χ2v) is 7.41. The Labute approximate surface area is 159 Å². The van der Waals surface area contributed by atoms with E-state index < -0.39 is 0 Å². The maximum atomic E-state index is 12.2. The van der Waals surface area contributed by atoms with E-state index in [2.05, 4.69) is 34.7 Å². The summed E-state index contributed by atoms with van der Waals surface area (Å²) < 4.78 is 0. The molecule has 0 saturated carbocycles. The zero-order valence-corrected chi connectivity index (χ0v) is 16.2. The number of halogens is 1. The van der Waals surface area contributed by atoms with Gasteiger partial charge in [-0.1, -0.05) is 37.3 Å². The largest absolute Gasteiger partial charge is 0.350 e. The normalized spacial score (nSPS) is 16.0. The molecule has 2 N–H and O–H groups in total. The van der Waals surface area contributed by atoms with Gasteiger partial charge in [0, 0.05) is 17.4 Å². The second kappa shape index (κ2) is 9.90. The highest BCUT2D eigenvalue weighted by atomic mass is 35.5. The van der Waals surface area contributed by atoms with Crippen molar-refractivity contribution in [2.45, 2.75) is 32.7 Å². The maximum Gasteiger partial charge on any atom is 0.220 e. The molecule has 1 unspecified atom stereocenters. The molecule has 3 rings (SSSR count). The van der Waals surface area contributed by atoms with E-state index in [9.17, 15) is 4.79 Å². The molecule has 0 radical (unpaired) electrons. The SMILES string of the molecule is CC(CC(=O)NCc1csc(-c2ccccc2)n1)C1CCNCC1.Cl.